The summed E-state index contributed by atoms with van der Waals surface area (Å²) in [6, 6.07) is 1.81. The smallest absolute Gasteiger partial charge is 0.291 e. The number of amides is 1. The number of hydrogen-bond donors (Lipinski definition) is 0. The molecule has 0 saturated heterocycles. The molecule has 2 heterocycles. The Kier molecular flexibility index (Phi) is 2.59. The van der Waals surface area contributed by atoms with Gasteiger partial charge in [-0.05, 0) is 6.07 Å². The van der Waals surface area contributed by atoms with Crippen molar-refractivity contribution in [1.82, 2.24) is 14.7 Å². The molecule has 1 aliphatic heterocycles. The molecule has 0 saturated carbocycles. The third-order valence-corrected chi connectivity index (χ3v) is 2.52. The van der Waals surface area contributed by atoms with Gasteiger partial charge < -0.3 is 4.90 Å². The van der Waals surface area contributed by atoms with Gasteiger partial charge in [-0.3, -0.25) is 9.48 Å². The average Bonchev–Trinajstić information content (AvgIpc) is 2.60. The fourth-order valence-electron chi connectivity index (χ4n) is 1.63. The maximum atomic E-state index is 11.4. The van der Waals surface area contributed by atoms with Crippen LogP contribution in [0.25, 0.3) is 0 Å². The molecule has 7 heteroatoms. The maximum Gasteiger partial charge on any atom is 0.291 e. The van der Waals surface area contributed by atoms with Crippen molar-refractivity contribution in [3.8, 4) is 0 Å². The summed E-state index contributed by atoms with van der Waals surface area (Å²) >= 11 is 0. The molecule has 0 fully saturated rings. The first-order valence-corrected chi connectivity index (χ1v) is 4.88. The van der Waals surface area contributed by atoms with Crippen LogP contribution in [0.5, 0.6) is 0 Å². The van der Waals surface area contributed by atoms with Gasteiger partial charge in [-0.1, -0.05) is 0 Å². The van der Waals surface area contributed by atoms with Crippen molar-refractivity contribution >= 4 is 5.91 Å². The van der Waals surface area contributed by atoms with E-state index < -0.39 is 0 Å². The van der Waals surface area contributed by atoms with Crippen molar-refractivity contribution in [3.63, 3.8) is 0 Å². The summed E-state index contributed by atoms with van der Waals surface area (Å²) in [5.41, 5.74) is 1.54. The van der Waals surface area contributed by atoms with Crippen molar-refractivity contribution in [1.29, 1.82) is 0 Å². The third kappa shape index (κ3) is 1.88. The zero-order valence-corrected chi connectivity index (χ0v) is 9.21. The highest BCUT2D eigenvalue weighted by Crippen LogP contribution is 2.13. The van der Waals surface area contributed by atoms with Crippen LogP contribution in [0.3, 0.4) is 0 Å². The van der Waals surface area contributed by atoms with Crippen LogP contribution >= 0.6 is 0 Å². The van der Waals surface area contributed by atoms with Crippen LogP contribution in [0.1, 0.15) is 11.4 Å². The lowest BCUT2D eigenvalue weighted by Crippen LogP contribution is -2.36. The lowest BCUT2D eigenvalue weighted by Gasteiger charge is -2.23. The molecule has 0 aromatic carbocycles. The standard InChI is InChI=1S/C9H13N4O3/c1-11-5-8-3-7(4-13(15)16-2)10-12(8)6-9(11)14/h3H,4-6H2,1-2H3/q+1. The third-order valence-electron chi connectivity index (χ3n) is 2.52. The number of nitrogens with zero attached hydrogens (tertiary/aromatic N) is 4. The van der Waals surface area contributed by atoms with E-state index in [1.54, 1.807) is 16.6 Å². The minimum Gasteiger partial charge on any atom is -0.338 e. The summed E-state index contributed by atoms with van der Waals surface area (Å²) in [6.45, 7) is 0.823. The Labute approximate surface area is 92.1 Å². The summed E-state index contributed by atoms with van der Waals surface area (Å²) in [6.07, 6.45) is 0. The van der Waals surface area contributed by atoms with Crippen LogP contribution in [-0.4, -0.2) is 39.7 Å². The second kappa shape index (κ2) is 3.92. The molecule has 1 aliphatic rings. The van der Waals surface area contributed by atoms with E-state index in [-0.39, 0.29) is 19.0 Å². The second-order valence-corrected chi connectivity index (χ2v) is 3.71. The number of aromatic nitrogens is 2. The number of fused-ring (bicyclic) bond motifs is 1. The summed E-state index contributed by atoms with van der Waals surface area (Å²) in [4.78, 5) is 29.0. The Morgan fingerprint density at radius 1 is 1.56 bits per heavy atom. The zero-order chi connectivity index (χ0) is 11.7. The van der Waals surface area contributed by atoms with E-state index >= 15 is 0 Å². The molecule has 0 aliphatic carbocycles. The number of hydrogen-bond acceptors (Lipinski definition) is 4. The van der Waals surface area contributed by atoms with Crippen LogP contribution in [0.2, 0.25) is 0 Å². The predicted octanol–water partition coefficient (Wildman–Crippen LogP) is -0.305. The number of carbonyl (C=O) groups is 1. The minimum absolute atomic E-state index is 0.0212. The van der Waals surface area contributed by atoms with E-state index in [9.17, 15) is 9.70 Å². The Morgan fingerprint density at radius 3 is 3.00 bits per heavy atom. The first-order valence-electron chi connectivity index (χ1n) is 4.88. The van der Waals surface area contributed by atoms with E-state index in [4.69, 9.17) is 0 Å². The minimum atomic E-state index is 0.0212. The highest BCUT2D eigenvalue weighted by atomic mass is 16.8. The molecule has 0 N–H and O–H groups in total. The summed E-state index contributed by atoms with van der Waals surface area (Å²) in [7, 11) is 3.05. The summed E-state index contributed by atoms with van der Waals surface area (Å²) < 4.78 is 1.63. The van der Waals surface area contributed by atoms with Crippen molar-refractivity contribution in [3.05, 3.63) is 22.4 Å². The molecule has 16 heavy (non-hydrogen) atoms. The van der Waals surface area contributed by atoms with Gasteiger partial charge >= 0.3 is 0 Å². The second-order valence-electron chi connectivity index (χ2n) is 3.71. The lowest BCUT2D eigenvalue weighted by molar-refractivity contribution is -0.808. The molecule has 7 nitrogen and oxygen atoms in total. The molecule has 0 atom stereocenters. The SMILES string of the molecule is CO[N+](=O)Cc1cc2n(n1)CC(=O)N(C)C2. The molecule has 86 valence electrons. The molecule has 0 bridgehead atoms. The van der Waals surface area contributed by atoms with Crippen molar-refractivity contribution in [2.75, 3.05) is 14.2 Å². The first-order chi connectivity index (χ1) is 7.60. The summed E-state index contributed by atoms with van der Waals surface area (Å²) in [5, 5.41) is 4.17. The largest absolute Gasteiger partial charge is 0.338 e. The lowest BCUT2D eigenvalue weighted by atomic mass is 10.3. The molecule has 0 spiro atoms. The average molecular weight is 225 g/mol. The van der Waals surface area contributed by atoms with E-state index in [1.807, 2.05) is 6.07 Å². The van der Waals surface area contributed by atoms with Crippen LogP contribution in [0.4, 0.5) is 0 Å². The van der Waals surface area contributed by atoms with Gasteiger partial charge in [0.1, 0.15) is 12.2 Å². The fourth-order valence-corrected chi connectivity index (χ4v) is 1.63. The highest BCUT2D eigenvalue weighted by Gasteiger charge is 2.23. The van der Waals surface area contributed by atoms with Crippen molar-refractivity contribution < 1.29 is 14.6 Å². The van der Waals surface area contributed by atoms with Crippen LogP contribution in [0, 0.1) is 4.91 Å². The topological polar surface area (TPSA) is 67.4 Å². The van der Waals surface area contributed by atoms with Gasteiger partial charge in [0.05, 0.1) is 17.1 Å². The van der Waals surface area contributed by atoms with Gasteiger partial charge in [-0.25, -0.2) is 4.84 Å². The zero-order valence-electron chi connectivity index (χ0n) is 9.21. The molecule has 2 rings (SSSR count). The Balaban J connectivity index is 2.18. The highest BCUT2D eigenvalue weighted by molar-refractivity contribution is 5.76. The van der Waals surface area contributed by atoms with Gasteiger partial charge in [0.25, 0.3) is 6.54 Å². The van der Waals surface area contributed by atoms with Gasteiger partial charge in [0, 0.05) is 7.05 Å². The Hall–Kier alpha value is -1.92. The van der Waals surface area contributed by atoms with Gasteiger partial charge in [0.15, 0.2) is 7.11 Å². The van der Waals surface area contributed by atoms with Crippen LogP contribution in [-0.2, 0) is 29.3 Å². The van der Waals surface area contributed by atoms with Gasteiger partial charge in [0.2, 0.25) is 10.8 Å². The maximum absolute atomic E-state index is 11.4. The molecular weight excluding hydrogens is 212 g/mol. The Bertz CT molecular complexity index is 440. The molecular formula is C9H13N4O3+. The molecule has 1 aromatic heterocycles. The van der Waals surface area contributed by atoms with E-state index in [2.05, 4.69) is 9.94 Å². The molecule has 1 amide bonds. The number of likely N-dealkylation sites (N-methyl/N-ethyl adjacent to an activating group) is 1. The first kappa shape index (κ1) is 10.6. The van der Waals surface area contributed by atoms with Gasteiger partial charge in [-0.2, -0.15) is 5.10 Å². The van der Waals surface area contributed by atoms with E-state index in [0.29, 0.717) is 17.2 Å². The monoisotopic (exact) mass is 225 g/mol. The Morgan fingerprint density at radius 2 is 2.31 bits per heavy atom. The van der Waals surface area contributed by atoms with Crippen LogP contribution in [0.15, 0.2) is 6.07 Å². The fraction of sp³-hybridized carbons (Fsp3) is 0.556. The van der Waals surface area contributed by atoms with E-state index in [1.165, 1.54) is 7.11 Å². The summed E-state index contributed by atoms with van der Waals surface area (Å²) in [5.74, 6) is 0.0212. The van der Waals surface area contributed by atoms with Gasteiger partial charge in [-0.15, -0.1) is 0 Å². The predicted molar refractivity (Wildman–Crippen MR) is 53.0 cm³/mol. The quantitative estimate of drug-likeness (QED) is 0.662. The van der Waals surface area contributed by atoms with Crippen molar-refractivity contribution in [2.24, 2.45) is 0 Å². The number of carbonyl (C=O) groups excluding carboxylic acids is 1. The number of rotatable bonds is 3. The molecule has 1 aromatic rings. The normalized spacial score (nSPS) is 14.9. The van der Waals surface area contributed by atoms with Crippen LogP contribution < -0.4 is 0 Å². The van der Waals surface area contributed by atoms with Crippen molar-refractivity contribution in [2.45, 2.75) is 19.6 Å². The van der Waals surface area contributed by atoms with E-state index in [0.717, 1.165) is 5.69 Å². The molecule has 0 radical (unpaired) electrons. The molecule has 0 unspecified atom stereocenters.